The number of aliphatic hydroxyl groups excluding tert-OH is 3. The monoisotopic (exact) mass is 476 g/mol. The van der Waals surface area contributed by atoms with Crippen LogP contribution in [0.25, 0.3) is 0 Å². The minimum Gasteiger partial charge on any atom is -0.550 e. The van der Waals surface area contributed by atoms with Crippen LogP contribution in [0.3, 0.4) is 0 Å². The van der Waals surface area contributed by atoms with Crippen molar-refractivity contribution in [2.45, 2.75) is 19.3 Å². The Morgan fingerprint density at radius 3 is 0.789 bits per heavy atom. The Morgan fingerprint density at radius 2 is 0.789 bits per heavy atom. The van der Waals surface area contributed by atoms with Gasteiger partial charge in [0.1, 0.15) is 0 Å². The number of hydrogen-bond acceptors (Lipinski definition) is 9. The summed E-state index contributed by atoms with van der Waals surface area (Å²) in [5, 5.41) is 51.4. The zero-order valence-electron chi connectivity index (χ0n) is 9.98. The van der Waals surface area contributed by atoms with Gasteiger partial charge in [0.25, 0.3) is 0 Å². The molecule has 0 atom stereocenters. The number of carbonyl (C=O) groups excluding carboxylic acids is 3. The molecule has 0 aromatic heterocycles. The molecular weight excluding hydrogens is 461 g/mol. The van der Waals surface area contributed by atoms with E-state index in [0.717, 1.165) is 0 Å². The Hall–Kier alpha value is -0.827. The van der Waals surface area contributed by atoms with E-state index in [1.807, 2.05) is 0 Å². The Balaban J connectivity index is -0.0000000865. The third kappa shape index (κ3) is 59.2. The number of carboxylic acids is 3. The molecular formula is C9H15BiO9. The first-order chi connectivity index (χ1) is 8.31. The molecule has 0 rings (SSSR count). The second-order valence-electron chi connectivity index (χ2n) is 2.54. The summed E-state index contributed by atoms with van der Waals surface area (Å²) in [7, 11) is 0. The molecule has 0 spiro atoms. The zero-order valence-corrected chi connectivity index (χ0v) is 13.5. The molecule has 0 aliphatic rings. The van der Waals surface area contributed by atoms with E-state index in [2.05, 4.69) is 0 Å². The van der Waals surface area contributed by atoms with Gasteiger partial charge in [0.05, 0.1) is 0 Å². The summed E-state index contributed by atoms with van der Waals surface area (Å²) in [6.07, 6.45) is -0.792. The van der Waals surface area contributed by atoms with Crippen LogP contribution in [0.4, 0.5) is 0 Å². The average Bonchev–Trinajstić information content (AvgIpc) is 2.18. The Kier molecular flexibility index (Phi) is 31.4. The molecule has 0 saturated carbocycles. The molecule has 0 fully saturated rings. The molecule has 3 N–H and O–H groups in total. The topological polar surface area (TPSA) is 181 Å². The van der Waals surface area contributed by atoms with Gasteiger partial charge in [-0.25, -0.2) is 0 Å². The van der Waals surface area contributed by atoms with Crippen molar-refractivity contribution in [2.75, 3.05) is 19.8 Å². The molecule has 10 heteroatoms. The molecule has 0 amide bonds. The molecule has 9 nitrogen and oxygen atoms in total. The van der Waals surface area contributed by atoms with Gasteiger partial charge < -0.3 is 45.0 Å². The third-order valence-electron chi connectivity index (χ3n) is 0.948. The maximum absolute atomic E-state index is 9.33. The van der Waals surface area contributed by atoms with Gasteiger partial charge in [-0.2, -0.15) is 0 Å². The first kappa shape index (κ1) is 26.7. The molecule has 0 unspecified atom stereocenters. The number of rotatable bonds is 6. The predicted octanol–water partition coefficient (Wildman–Crippen LogP) is -6.02. The van der Waals surface area contributed by atoms with Gasteiger partial charge in [-0.3, -0.25) is 0 Å². The van der Waals surface area contributed by atoms with Crippen molar-refractivity contribution in [1.29, 1.82) is 0 Å². The summed E-state index contributed by atoms with van der Waals surface area (Å²) in [5.41, 5.74) is 0. The van der Waals surface area contributed by atoms with Gasteiger partial charge in [-0.15, -0.1) is 0 Å². The van der Waals surface area contributed by atoms with Gasteiger partial charge in [0.15, 0.2) is 0 Å². The quantitative estimate of drug-likeness (QED) is 0.315. The van der Waals surface area contributed by atoms with E-state index in [1.165, 1.54) is 0 Å². The van der Waals surface area contributed by atoms with Crippen molar-refractivity contribution in [3.63, 3.8) is 0 Å². The van der Waals surface area contributed by atoms with E-state index < -0.39 is 17.9 Å². The summed E-state index contributed by atoms with van der Waals surface area (Å²) in [6.45, 7) is -0.993. The van der Waals surface area contributed by atoms with E-state index in [-0.39, 0.29) is 65.3 Å². The van der Waals surface area contributed by atoms with Crippen molar-refractivity contribution in [3.05, 3.63) is 0 Å². The molecule has 0 aromatic carbocycles. The van der Waals surface area contributed by atoms with E-state index in [9.17, 15) is 29.7 Å². The van der Waals surface area contributed by atoms with Crippen LogP contribution in [0, 0.1) is 0 Å². The average molecular weight is 476 g/mol. The first-order valence-electron chi connectivity index (χ1n) is 4.73. The molecule has 0 aliphatic heterocycles. The molecule has 0 bridgehead atoms. The fourth-order valence-corrected chi connectivity index (χ4v) is 0.274. The van der Waals surface area contributed by atoms with Crippen LogP contribution in [-0.2, 0) is 14.4 Å². The third-order valence-corrected chi connectivity index (χ3v) is 0.948. The predicted molar refractivity (Wildman–Crippen MR) is 55.9 cm³/mol. The van der Waals surface area contributed by atoms with Crippen molar-refractivity contribution >= 4 is 44.1 Å². The van der Waals surface area contributed by atoms with Crippen LogP contribution in [0.5, 0.6) is 0 Å². The largest absolute Gasteiger partial charge is 3.00 e. The Bertz CT molecular complexity index is 194. The van der Waals surface area contributed by atoms with Gasteiger partial charge in [-0.05, 0) is 0 Å². The Labute approximate surface area is 128 Å². The number of aliphatic hydroxyl groups is 3. The zero-order chi connectivity index (χ0) is 15.0. The summed E-state index contributed by atoms with van der Waals surface area (Å²) >= 11 is 0. The van der Waals surface area contributed by atoms with Crippen molar-refractivity contribution in [2.24, 2.45) is 0 Å². The van der Waals surface area contributed by atoms with Crippen molar-refractivity contribution < 1.29 is 45.0 Å². The Morgan fingerprint density at radius 1 is 0.632 bits per heavy atom. The number of aliphatic carboxylic acids is 3. The molecule has 0 aliphatic carbocycles. The van der Waals surface area contributed by atoms with E-state index in [1.54, 1.807) is 0 Å². The number of carbonyl (C=O) groups is 3. The van der Waals surface area contributed by atoms with Gasteiger partial charge >= 0.3 is 26.2 Å². The van der Waals surface area contributed by atoms with Crippen LogP contribution in [-0.4, -0.2) is 79.3 Å². The fraction of sp³-hybridized carbons (Fsp3) is 0.667. The van der Waals surface area contributed by atoms with Crippen LogP contribution in [0.1, 0.15) is 19.3 Å². The molecule has 110 valence electrons. The number of carboxylic acid groups (broad SMARTS) is 3. The van der Waals surface area contributed by atoms with Crippen molar-refractivity contribution in [3.8, 4) is 0 Å². The van der Waals surface area contributed by atoms with Gasteiger partial charge in [0, 0.05) is 57.0 Å². The second-order valence-corrected chi connectivity index (χ2v) is 2.54. The normalized spacial score (nSPS) is 7.74. The van der Waals surface area contributed by atoms with Crippen LogP contribution >= 0.6 is 0 Å². The fourth-order valence-electron chi connectivity index (χ4n) is 0.274. The van der Waals surface area contributed by atoms with E-state index in [0.29, 0.717) is 0 Å². The summed E-state index contributed by atoms with van der Waals surface area (Å²) < 4.78 is 0. The van der Waals surface area contributed by atoms with Crippen LogP contribution in [0.15, 0.2) is 0 Å². The molecule has 0 aromatic rings. The smallest absolute Gasteiger partial charge is 0.550 e. The van der Waals surface area contributed by atoms with Gasteiger partial charge in [-0.1, -0.05) is 0 Å². The van der Waals surface area contributed by atoms with Gasteiger partial charge in [0.2, 0.25) is 0 Å². The molecule has 0 saturated heterocycles. The summed E-state index contributed by atoms with van der Waals surface area (Å²) in [5.74, 6) is -3.63. The maximum atomic E-state index is 9.33. The minimum absolute atomic E-state index is 0. The molecule has 19 heavy (non-hydrogen) atoms. The summed E-state index contributed by atoms with van der Waals surface area (Å²) in [6, 6.07) is 0. The van der Waals surface area contributed by atoms with Crippen molar-refractivity contribution in [1.82, 2.24) is 0 Å². The number of hydrogen-bond donors (Lipinski definition) is 3. The summed E-state index contributed by atoms with van der Waals surface area (Å²) in [4.78, 5) is 28.0. The molecule has 2 radical (unpaired) electrons. The standard InChI is InChI=1S/3C3H6O3.Bi/c3*4-2-1-3(5)6;/h3*4H,1-2H2,(H,5,6);/q;;;+3/p-3. The SMILES string of the molecule is O=C([O-])CCO.O=C([O-])CCO.O=C([O-])CCO.[Bi+3]. The van der Waals surface area contributed by atoms with E-state index >= 15 is 0 Å². The van der Waals surface area contributed by atoms with Crippen LogP contribution < -0.4 is 15.3 Å². The van der Waals surface area contributed by atoms with E-state index in [4.69, 9.17) is 15.3 Å². The molecule has 0 heterocycles. The van der Waals surface area contributed by atoms with Crippen LogP contribution in [0.2, 0.25) is 0 Å². The maximum Gasteiger partial charge on any atom is 3.00 e. The second kappa shape index (κ2) is 22.4. The first-order valence-corrected chi connectivity index (χ1v) is 4.73. The minimum atomic E-state index is -1.21.